The number of carbonyl (C=O) groups excluding carboxylic acids is 2. The van der Waals surface area contributed by atoms with Crippen molar-refractivity contribution in [2.24, 2.45) is 0 Å². The normalized spacial score (nSPS) is 14.0. The van der Waals surface area contributed by atoms with Gasteiger partial charge >= 0.3 is 0 Å². The van der Waals surface area contributed by atoms with Crippen molar-refractivity contribution in [3.8, 4) is 5.13 Å². The number of carbonyl (C=O) groups is 2. The van der Waals surface area contributed by atoms with Crippen LogP contribution >= 0.6 is 11.3 Å². The Balaban J connectivity index is 1.43. The first-order valence-corrected chi connectivity index (χ1v) is 12.2. The Hall–Kier alpha value is -3.83. The van der Waals surface area contributed by atoms with Crippen LogP contribution in [0.3, 0.4) is 0 Å². The monoisotopic (exact) mass is 479 g/mol. The summed E-state index contributed by atoms with van der Waals surface area (Å²) in [6, 6.07) is 10.7. The minimum Gasteiger partial charge on any atom is -0.347 e. The number of hydrogen-bond donors (Lipinski definition) is 2. The van der Waals surface area contributed by atoms with Crippen molar-refractivity contribution in [1.29, 1.82) is 0 Å². The van der Waals surface area contributed by atoms with Crippen molar-refractivity contribution in [3.63, 3.8) is 0 Å². The third kappa shape index (κ3) is 3.60. The first-order chi connectivity index (χ1) is 15.9. The van der Waals surface area contributed by atoms with E-state index in [1.54, 1.807) is 48.4 Å². The van der Waals surface area contributed by atoms with E-state index >= 15 is 0 Å². The van der Waals surface area contributed by atoms with Gasteiger partial charge in [-0.3, -0.25) is 9.59 Å². The first kappa shape index (κ1) is 21.0. The van der Waals surface area contributed by atoms with E-state index in [1.165, 1.54) is 35.6 Å². The zero-order valence-electron chi connectivity index (χ0n) is 17.3. The van der Waals surface area contributed by atoms with Crippen molar-refractivity contribution in [2.45, 2.75) is 23.3 Å². The number of hydrogen-bond acceptors (Lipinski definition) is 7. The van der Waals surface area contributed by atoms with E-state index in [-0.39, 0.29) is 33.2 Å². The molecule has 0 radical (unpaired) electrons. The first-order valence-electron chi connectivity index (χ1n) is 9.88. The summed E-state index contributed by atoms with van der Waals surface area (Å²) >= 11 is 1.39. The molecule has 4 aromatic rings. The molecule has 1 aliphatic rings. The summed E-state index contributed by atoms with van der Waals surface area (Å²) in [6.45, 7) is 1.85. The van der Waals surface area contributed by atoms with Crippen LogP contribution in [0.1, 0.15) is 31.2 Å². The van der Waals surface area contributed by atoms with Crippen molar-refractivity contribution in [2.75, 3.05) is 5.32 Å². The number of amides is 2. The summed E-state index contributed by atoms with van der Waals surface area (Å²) in [6.07, 6.45) is 5.10. The molecule has 0 spiro atoms. The van der Waals surface area contributed by atoms with E-state index in [0.717, 1.165) is 4.88 Å². The maximum Gasteiger partial charge on any atom is 0.257 e. The van der Waals surface area contributed by atoms with E-state index in [4.69, 9.17) is 0 Å². The van der Waals surface area contributed by atoms with Gasteiger partial charge in [0, 0.05) is 29.0 Å². The lowest BCUT2D eigenvalue weighted by Gasteiger charge is -2.14. The smallest absolute Gasteiger partial charge is 0.257 e. The van der Waals surface area contributed by atoms with Crippen molar-refractivity contribution in [1.82, 2.24) is 20.1 Å². The van der Waals surface area contributed by atoms with Crippen LogP contribution < -0.4 is 10.6 Å². The van der Waals surface area contributed by atoms with E-state index in [9.17, 15) is 18.0 Å². The maximum atomic E-state index is 13.2. The Morgan fingerprint density at radius 1 is 1.15 bits per heavy atom. The van der Waals surface area contributed by atoms with E-state index < -0.39 is 21.7 Å². The number of rotatable bonds is 4. The Labute approximate surface area is 193 Å². The van der Waals surface area contributed by atoms with Gasteiger partial charge in [-0.2, -0.15) is 5.10 Å². The fourth-order valence-electron chi connectivity index (χ4n) is 3.63. The van der Waals surface area contributed by atoms with Gasteiger partial charge in [-0.1, -0.05) is 23.5 Å². The summed E-state index contributed by atoms with van der Waals surface area (Å²) in [5.74, 6) is -0.929. The Morgan fingerprint density at radius 2 is 1.97 bits per heavy atom. The molecule has 0 saturated carbocycles. The molecule has 0 fully saturated rings. The predicted molar refractivity (Wildman–Crippen MR) is 121 cm³/mol. The lowest BCUT2D eigenvalue weighted by atomic mass is 10.1. The molecule has 3 heterocycles. The van der Waals surface area contributed by atoms with Crippen LogP contribution in [-0.4, -0.2) is 35.0 Å². The zero-order valence-corrected chi connectivity index (χ0v) is 18.9. The highest BCUT2D eigenvalue weighted by atomic mass is 32.2. The molecule has 166 valence electrons. The van der Waals surface area contributed by atoms with Crippen LogP contribution in [0.4, 0.5) is 5.69 Å². The Bertz CT molecular complexity index is 1510. The highest BCUT2D eigenvalue weighted by Crippen LogP contribution is 2.36. The second-order valence-corrected chi connectivity index (χ2v) is 10.3. The predicted octanol–water partition coefficient (Wildman–Crippen LogP) is 2.97. The molecule has 0 saturated heterocycles. The lowest BCUT2D eigenvalue weighted by Crippen LogP contribution is -2.24. The molecule has 1 aliphatic heterocycles. The number of anilines is 1. The maximum absolute atomic E-state index is 13.2. The van der Waals surface area contributed by atoms with Crippen LogP contribution in [0.15, 0.2) is 70.8 Å². The summed E-state index contributed by atoms with van der Waals surface area (Å²) in [4.78, 5) is 30.6. The second kappa shape index (κ2) is 7.94. The summed E-state index contributed by atoms with van der Waals surface area (Å²) < 4.78 is 28.0. The Kier molecular flexibility index (Phi) is 5.06. The van der Waals surface area contributed by atoms with E-state index in [1.807, 2.05) is 0 Å². The molecule has 0 bridgehead atoms. The molecule has 0 aliphatic carbocycles. The number of nitrogens with one attached hydrogen (secondary N) is 2. The number of aromatic nitrogens is 3. The topological polar surface area (TPSA) is 123 Å². The number of benzene rings is 2. The highest BCUT2D eigenvalue weighted by molar-refractivity contribution is 7.91. The average Bonchev–Trinajstić information content (AvgIpc) is 3.49. The fraction of sp³-hybridized carbons (Fsp3) is 0.0909. The van der Waals surface area contributed by atoms with Crippen LogP contribution in [-0.2, 0) is 16.4 Å². The number of fused-ring (bicyclic) bond motifs is 2. The third-order valence-corrected chi connectivity index (χ3v) is 8.13. The van der Waals surface area contributed by atoms with Crippen molar-refractivity contribution in [3.05, 3.63) is 82.6 Å². The minimum atomic E-state index is -3.94. The van der Waals surface area contributed by atoms with Crippen LogP contribution in [0.25, 0.3) is 5.13 Å². The summed E-state index contributed by atoms with van der Waals surface area (Å²) in [7, 11) is -3.94. The van der Waals surface area contributed by atoms with Crippen LogP contribution in [0.2, 0.25) is 0 Å². The van der Waals surface area contributed by atoms with Gasteiger partial charge in [0.25, 0.3) is 11.8 Å². The van der Waals surface area contributed by atoms with Gasteiger partial charge in [0.15, 0.2) is 0 Å². The molecular weight excluding hydrogens is 462 g/mol. The number of sulfone groups is 1. The molecule has 2 aromatic carbocycles. The molecule has 2 amide bonds. The molecule has 2 aromatic heterocycles. The fourth-order valence-corrected chi connectivity index (χ4v) is 6.09. The van der Waals surface area contributed by atoms with Crippen LogP contribution in [0.5, 0.6) is 0 Å². The van der Waals surface area contributed by atoms with Crippen molar-refractivity contribution < 1.29 is 18.0 Å². The molecular formula is C22H17N5O4S2. The summed E-state index contributed by atoms with van der Waals surface area (Å²) in [5.41, 5.74) is 0.822. The third-order valence-electron chi connectivity index (χ3n) is 5.29. The van der Waals surface area contributed by atoms with E-state index in [2.05, 4.69) is 20.7 Å². The zero-order chi connectivity index (χ0) is 23.2. The number of thiazole rings is 1. The van der Waals surface area contributed by atoms with Gasteiger partial charge in [-0.25, -0.2) is 18.1 Å². The standard InChI is InChI=1S/C22H17N5O4S2/c1-13-15(20(28)23-11-14-12-24-22(32-14)27-10-4-9-25-27)7-8-18-19(13)26-21(29)16-5-2-3-6-17(16)33(18,30)31/h2-10,12H,11H2,1H3,(H,23,28)(H,26,29). The second-order valence-electron chi connectivity index (χ2n) is 7.31. The van der Waals surface area contributed by atoms with Gasteiger partial charge in [0.05, 0.1) is 27.6 Å². The molecule has 0 unspecified atom stereocenters. The molecule has 11 heteroatoms. The van der Waals surface area contributed by atoms with Crippen molar-refractivity contribution >= 4 is 38.7 Å². The van der Waals surface area contributed by atoms with Gasteiger partial charge in [-0.05, 0) is 42.8 Å². The van der Waals surface area contributed by atoms with E-state index in [0.29, 0.717) is 10.7 Å². The molecule has 33 heavy (non-hydrogen) atoms. The molecule has 9 nitrogen and oxygen atoms in total. The molecule has 5 rings (SSSR count). The van der Waals surface area contributed by atoms with Gasteiger partial charge < -0.3 is 10.6 Å². The largest absolute Gasteiger partial charge is 0.347 e. The highest BCUT2D eigenvalue weighted by Gasteiger charge is 2.32. The van der Waals surface area contributed by atoms with Gasteiger partial charge in [0.1, 0.15) is 0 Å². The summed E-state index contributed by atoms with van der Waals surface area (Å²) in [5, 5.41) is 10.3. The quantitative estimate of drug-likeness (QED) is 0.464. The van der Waals surface area contributed by atoms with Gasteiger partial charge in [0.2, 0.25) is 15.0 Å². The minimum absolute atomic E-state index is 0.0406. The SMILES string of the molecule is Cc1c(C(=O)NCc2cnc(-n3cccn3)s2)ccc2c1NC(=O)c1ccccc1S2(=O)=O. The lowest BCUT2D eigenvalue weighted by molar-refractivity contribution is 0.0949. The van der Waals surface area contributed by atoms with Gasteiger partial charge in [-0.15, -0.1) is 0 Å². The molecule has 0 atom stereocenters. The van der Waals surface area contributed by atoms with Crippen LogP contribution in [0, 0.1) is 6.92 Å². The molecule has 2 N–H and O–H groups in total. The average molecular weight is 480 g/mol. The Morgan fingerprint density at radius 3 is 2.76 bits per heavy atom. The number of nitrogens with zero attached hydrogens (tertiary/aromatic N) is 3.